The Balaban J connectivity index is 2.23. The lowest BCUT2D eigenvalue weighted by molar-refractivity contribution is 0.381. The summed E-state index contributed by atoms with van der Waals surface area (Å²) in [5.41, 5.74) is 5.33. The van der Waals surface area contributed by atoms with E-state index in [1.54, 1.807) is 0 Å². The molecular formula is C11H24N2O2S. The van der Waals surface area contributed by atoms with Gasteiger partial charge in [0.15, 0.2) is 9.84 Å². The molecule has 3 N–H and O–H groups in total. The molecule has 1 aliphatic heterocycles. The first-order valence-electron chi connectivity index (χ1n) is 6.02. The first-order chi connectivity index (χ1) is 7.37. The van der Waals surface area contributed by atoms with Gasteiger partial charge in [0.1, 0.15) is 0 Å². The van der Waals surface area contributed by atoms with Gasteiger partial charge >= 0.3 is 0 Å². The minimum Gasteiger partial charge on any atom is -0.330 e. The van der Waals surface area contributed by atoms with Gasteiger partial charge in [-0.1, -0.05) is 6.92 Å². The van der Waals surface area contributed by atoms with Gasteiger partial charge in [0.2, 0.25) is 0 Å². The summed E-state index contributed by atoms with van der Waals surface area (Å²) in [6, 6.07) is 0. The Morgan fingerprint density at radius 3 is 2.69 bits per heavy atom. The molecule has 0 amide bonds. The molecule has 0 aromatic rings. The molecular weight excluding hydrogens is 224 g/mol. The monoisotopic (exact) mass is 248 g/mol. The van der Waals surface area contributed by atoms with Crippen LogP contribution in [-0.4, -0.2) is 38.6 Å². The van der Waals surface area contributed by atoms with Crippen molar-refractivity contribution in [2.45, 2.75) is 38.6 Å². The number of hydrogen-bond acceptors (Lipinski definition) is 4. The van der Waals surface area contributed by atoms with E-state index in [0.29, 0.717) is 11.7 Å². The fourth-order valence-electron chi connectivity index (χ4n) is 2.11. The minimum absolute atomic E-state index is 0.204. The highest BCUT2D eigenvalue weighted by Crippen LogP contribution is 2.22. The number of rotatable bonds is 6. The van der Waals surface area contributed by atoms with Crippen LogP contribution in [0.2, 0.25) is 0 Å². The maximum absolute atomic E-state index is 11.4. The molecule has 1 heterocycles. The van der Waals surface area contributed by atoms with Crippen molar-refractivity contribution in [2.24, 2.45) is 11.7 Å². The Hall–Kier alpha value is -0.130. The second-order valence-electron chi connectivity index (χ2n) is 5.31. The fraction of sp³-hybridized carbons (Fsp3) is 1.00. The fourth-order valence-corrected chi connectivity index (χ4v) is 4.23. The van der Waals surface area contributed by atoms with Crippen molar-refractivity contribution in [3.63, 3.8) is 0 Å². The number of nitrogens with two attached hydrogens (primary N) is 1. The zero-order chi connectivity index (χ0) is 12.2. The van der Waals surface area contributed by atoms with E-state index in [2.05, 4.69) is 12.2 Å². The van der Waals surface area contributed by atoms with Gasteiger partial charge in [-0.05, 0) is 45.2 Å². The molecule has 4 nitrogen and oxygen atoms in total. The van der Waals surface area contributed by atoms with Gasteiger partial charge in [0.25, 0.3) is 0 Å². The molecule has 1 saturated heterocycles. The summed E-state index contributed by atoms with van der Waals surface area (Å²) in [7, 11) is -2.79. The largest absolute Gasteiger partial charge is 0.330 e. The molecule has 16 heavy (non-hydrogen) atoms. The molecule has 0 aromatic heterocycles. The lowest BCUT2D eigenvalue weighted by Gasteiger charge is -2.24. The van der Waals surface area contributed by atoms with E-state index in [1.807, 2.05) is 6.92 Å². The molecule has 0 spiro atoms. The third kappa shape index (κ3) is 4.39. The van der Waals surface area contributed by atoms with E-state index in [9.17, 15) is 8.42 Å². The Morgan fingerprint density at radius 1 is 1.50 bits per heavy atom. The van der Waals surface area contributed by atoms with Gasteiger partial charge in [-0.25, -0.2) is 8.42 Å². The lowest BCUT2D eigenvalue weighted by Crippen LogP contribution is -2.43. The maximum atomic E-state index is 11.4. The predicted molar refractivity (Wildman–Crippen MR) is 67.1 cm³/mol. The van der Waals surface area contributed by atoms with Crippen molar-refractivity contribution in [3.8, 4) is 0 Å². The normalized spacial score (nSPS) is 30.4. The van der Waals surface area contributed by atoms with Gasteiger partial charge in [0, 0.05) is 5.54 Å². The third-order valence-corrected chi connectivity index (χ3v) is 5.23. The molecule has 1 fully saturated rings. The highest BCUT2D eigenvalue weighted by molar-refractivity contribution is 7.91. The van der Waals surface area contributed by atoms with E-state index in [1.165, 1.54) is 0 Å². The van der Waals surface area contributed by atoms with Crippen molar-refractivity contribution < 1.29 is 8.42 Å². The maximum Gasteiger partial charge on any atom is 0.152 e. The molecule has 0 bridgehead atoms. The Morgan fingerprint density at radius 2 is 2.19 bits per heavy atom. The number of nitrogens with one attached hydrogen (secondary N) is 1. The molecule has 0 saturated carbocycles. The van der Waals surface area contributed by atoms with E-state index in [0.717, 1.165) is 32.4 Å². The van der Waals surface area contributed by atoms with Gasteiger partial charge in [-0.2, -0.15) is 0 Å². The van der Waals surface area contributed by atoms with Crippen LogP contribution in [0.1, 0.15) is 33.1 Å². The Labute approximate surface area is 98.9 Å². The molecule has 96 valence electrons. The molecule has 1 aliphatic rings. The van der Waals surface area contributed by atoms with Gasteiger partial charge < -0.3 is 11.1 Å². The highest BCUT2D eigenvalue weighted by atomic mass is 32.2. The van der Waals surface area contributed by atoms with Crippen molar-refractivity contribution >= 4 is 9.84 Å². The second-order valence-corrected chi connectivity index (χ2v) is 7.50. The first-order valence-corrected chi connectivity index (χ1v) is 7.84. The van der Waals surface area contributed by atoms with Crippen LogP contribution >= 0.6 is 0 Å². The summed E-state index contributed by atoms with van der Waals surface area (Å²) in [4.78, 5) is 0. The summed E-state index contributed by atoms with van der Waals surface area (Å²) in [6.07, 6.45) is 2.90. The van der Waals surface area contributed by atoms with Crippen LogP contribution in [-0.2, 0) is 9.84 Å². The lowest BCUT2D eigenvalue weighted by atomic mass is 10.0. The van der Waals surface area contributed by atoms with Crippen molar-refractivity contribution in [1.29, 1.82) is 0 Å². The van der Waals surface area contributed by atoms with Crippen LogP contribution in [0, 0.1) is 5.92 Å². The molecule has 2 atom stereocenters. The van der Waals surface area contributed by atoms with Gasteiger partial charge in [-0.3, -0.25) is 0 Å². The predicted octanol–water partition coefficient (Wildman–Crippen LogP) is 0.528. The average molecular weight is 248 g/mol. The summed E-state index contributed by atoms with van der Waals surface area (Å²) in [5.74, 6) is 1.17. The third-order valence-electron chi connectivity index (χ3n) is 3.33. The smallest absolute Gasteiger partial charge is 0.152 e. The molecule has 0 aromatic carbocycles. The summed E-state index contributed by atoms with van der Waals surface area (Å²) in [6.45, 7) is 5.76. The second kappa shape index (κ2) is 5.47. The summed E-state index contributed by atoms with van der Waals surface area (Å²) in [5, 5.41) is 3.37. The van der Waals surface area contributed by atoms with E-state index in [4.69, 9.17) is 5.73 Å². The number of sulfone groups is 1. The van der Waals surface area contributed by atoms with E-state index >= 15 is 0 Å². The molecule has 5 heteroatoms. The molecule has 1 rings (SSSR count). The van der Waals surface area contributed by atoms with Gasteiger partial charge in [-0.15, -0.1) is 0 Å². The topological polar surface area (TPSA) is 72.2 Å². The first kappa shape index (κ1) is 13.9. The Bertz CT molecular complexity index is 316. The zero-order valence-electron chi connectivity index (χ0n) is 10.3. The van der Waals surface area contributed by atoms with Crippen molar-refractivity contribution in [3.05, 3.63) is 0 Å². The summed E-state index contributed by atoms with van der Waals surface area (Å²) >= 11 is 0. The quantitative estimate of drug-likeness (QED) is 0.673. The van der Waals surface area contributed by atoms with Crippen LogP contribution in [0.25, 0.3) is 0 Å². The van der Waals surface area contributed by atoms with Crippen LogP contribution in [0.3, 0.4) is 0 Å². The summed E-state index contributed by atoms with van der Waals surface area (Å²) < 4.78 is 22.8. The average Bonchev–Trinajstić information content (AvgIpc) is 2.48. The standard InChI is InChI=1S/C11H24N2O2S/c1-10(8-12)4-3-6-13-11(2)5-7-16(14,15)9-11/h10,13H,3-9,12H2,1-2H3. The highest BCUT2D eigenvalue weighted by Gasteiger charge is 2.37. The van der Waals surface area contributed by atoms with E-state index < -0.39 is 9.84 Å². The molecule has 0 radical (unpaired) electrons. The van der Waals surface area contributed by atoms with Crippen molar-refractivity contribution in [2.75, 3.05) is 24.6 Å². The minimum atomic E-state index is -2.79. The number of hydrogen-bond donors (Lipinski definition) is 2. The Kier molecular flexibility index (Phi) is 4.76. The molecule has 0 aliphatic carbocycles. The van der Waals surface area contributed by atoms with Crippen LogP contribution in [0.15, 0.2) is 0 Å². The van der Waals surface area contributed by atoms with E-state index in [-0.39, 0.29) is 11.3 Å². The van der Waals surface area contributed by atoms with Crippen LogP contribution in [0.5, 0.6) is 0 Å². The van der Waals surface area contributed by atoms with Crippen LogP contribution in [0.4, 0.5) is 0 Å². The molecule has 2 unspecified atom stereocenters. The van der Waals surface area contributed by atoms with Crippen LogP contribution < -0.4 is 11.1 Å². The van der Waals surface area contributed by atoms with Gasteiger partial charge in [0.05, 0.1) is 11.5 Å². The SMILES string of the molecule is CC(CN)CCCNC1(C)CCS(=O)(=O)C1. The zero-order valence-corrected chi connectivity index (χ0v) is 11.1. The van der Waals surface area contributed by atoms with Crippen molar-refractivity contribution in [1.82, 2.24) is 5.32 Å².